The highest BCUT2D eigenvalue weighted by atomic mass is 16.4. The molecule has 8 nitrogen and oxygen atoms in total. The zero-order chi connectivity index (χ0) is 16.0. The number of nitrogens with one attached hydrogen (secondary N) is 2. The number of likely N-dealkylation sites (N-methyl/N-ethyl adjacent to an activating group) is 1. The van der Waals surface area contributed by atoms with E-state index in [9.17, 15) is 14.4 Å². The first-order valence-electron chi connectivity index (χ1n) is 7.08. The van der Waals surface area contributed by atoms with Gasteiger partial charge in [0.1, 0.15) is 6.04 Å². The molecule has 8 heteroatoms. The van der Waals surface area contributed by atoms with Gasteiger partial charge >= 0.3 is 12.0 Å². The molecule has 1 fully saturated rings. The van der Waals surface area contributed by atoms with Gasteiger partial charge in [-0.15, -0.1) is 0 Å². The second-order valence-corrected chi connectivity index (χ2v) is 5.50. The lowest BCUT2D eigenvalue weighted by molar-refractivity contribution is -0.139. The van der Waals surface area contributed by atoms with Gasteiger partial charge in [0.2, 0.25) is 5.91 Å². The number of hydrogen-bond acceptors (Lipinski definition) is 4. The van der Waals surface area contributed by atoms with Gasteiger partial charge < -0.3 is 21.5 Å². The van der Waals surface area contributed by atoms with Crippen LogP contribution in [0.1, 0.15) is 32.6 Å². The summed E-state index contributed by atoms with van der Waals surface area (Å²) in [7, 11) is 2.01. The number of nitrogens with two attached hydrogens (primary N) is 1. The number of hydrogen-bond donors (Lipinski definition) is 4. The zero-order valence-corrected chi connectivity index (χ0v) is 12.5. The van der Waals surface area contributed by atoms with Gasteiger partial charge in [0, 0.05) is 25.0 Å². The molecule has 1 unspecified atom stereocenters. The molecule has 0 aromatic carbocycles. The van der Waals surface area contributed by atoms with Crippen LogP contribution in [-0.2, 0) is 9.59 Å². The molecule has 21 heavy (non-hydrogen) atoms. The molecule has 2 atom stereocenters. The van der Waals surface area contributed by atoms with Crippen molar-refractivity contribution in [1.82, 2.24) is 15.5 Å². The fraction of sp³-hybridized carbons (Fsp3) is 0.769. The Bertz CT molecular complexity index is 398. The van der Waals surface area contributed by atoms with Crippen molar-refractivity contribution in [2.24, 2.45) is 5.73 Å². The average molecular weight is 300 g/mol. The maximum Gasteiger partial charge on any atom is 0.326 e. The summed E-state index contributed by atoms with van der Waals surface area (Å²) in [6.45, 7) is 2.43. The molecule has 3 amide bonds. The highest BCUT2D eigenvalue weighted by molar-refractivity contribution is 5.83. The monoisotopic (exact) mass is 300 g/mol. The second kappa shape index (κ2) is 7.82. The quantitative estimate of drug-likeness (QED) is 0.456. The summed E-state index contributed by atoms with van der Waals surface area (Å²) >= 11 is 0. The highest BCUT2D eigenvalue weighted by Crippen LogP contribution is 2.26. The van der Waals surface area contributed by atoms with Crippen LogP contribution in [0.2, 0.25) is 0 Å². The molecule has 0 aromatic rings. The maximum absolute atomic E-state index is 11.7. The van der Waals surface area contributed by atoms with Gasteiger partial charge in [-0.05, 0) is 33.2 Å². The first-order valence-corrected chi connectivity index (χ1v) is 7.08. The number of carboxylic acids is 1. The number of aliphatic carboxylic acids is 1. The lowest BCUT2D eigenvalue weighted by Crippen LogP contribution is -2.49. The third-order valence-electron chi connectivity index (χ3n) is 3.66. The van der Waals surface area contributed by atoms with E-state index in [0.717, 1.165) is 0 Å². The Morgan fingerprint density at radius 2 is 2.00 bits per heavy atom. The molecule has 1 aliphatic carbocycles. The van der Waals surface area contributed by atoms with Crippen molar-refractivity contribution in [3.8, 4) is 0 Å². The van der Waals surface area contributed by atoms with Crippen molar-refractivity contribution in [1.29, 1.82) is 0 Å². The van der Waals surface area contributed by atoms with Crippen LogP contribution in [0.3, 0.4) is 0 Å². The lowest BCUT2D eigenvalue weighted by atomic mass is 10.1. The Morgan fingerprint density at radius 3 is 2.48 bits per heavy atom. The van der Waals surface area contributed by atoms with Gasteiger partial charge in [-0.2, -0.15) is 0 Å². The molecular formula is C13H24N4O4. The molecule has 5 N–H and O–H groups in total. The van der Waals surface area contributed by atoms with E-state index in [1.807, 2.05) is 14.0 Å². The molecule has 1 rings (SSSR count). The Balaban J connectivity index is 2.32. The second-order valence-electron chi connectivity index (χ2n) is 5.50. The van der Waals surface area contributed by atoms with E-state index in [-0.39, 0.29) is 18.9 Å². The molecule has 0 bridgehead atoms. The molecule has 1 saturated carbocycles. The van der Waals surface area contributed by atoms with E-state index < -0.39 is 23.9 Å². The van der Waals surface area contributed by atoms with Crippen LogP contribution in [0.25, 0.3) is 0 Å². The molecular weight excluding hydrogens is 276 g/mol. The molecule has 0 aliphatic heterocycles. The summed E-state index contributed by atoms with van der Waals surface area (Å²) in [5, 5.41) is 14.0. The topological polar surface area (TPSA) is 125 Å². The largest absolute Gasteiger partial charge is 0.480 e. The highest BCUT2D eigenvalue weighted by Gasteiger charge is 2.29. The predicted molar refractivity (Wildman–Crippen MR) is 76.6 cm³/mol. The number of nitrogens with zero attached hydrogens (tertiary/aromatic N) is 1. The third-order valence-corrected chi connectivity index (χ3v) is 3.66. The fourth-order valence-electron chi connectivity index (χ4n) is 1.98. The molecule has 0 heterocycles. The zero-order valence-electron chi connectivity index (χ0n) is 12.5. The van der Waals surface area contributed by atoms with Crippen LogP contribution in [0.4, 0.5) is 4.79 Å². The third kappa shape index (κ3) is 6.44. The van der Waals surface area contributed by atoms with Crippen LogP contribution < -0.4 is 16.4 Å². The normalized spacial score (nSPS) is 17.1. The number of carbonyl (C=O) groups excluding carboxylic acids is 2. The summed E-state index contributed by atoms with van der Waals surface area (Å²) in [6, 6.07) is -0.902. The fourth-order valence-corrected chi connectivity index (χ4v) is 1.98. The lowest BCUT2D eigenvalue weighted by Gasteiger charge is -2.25. The maximum atomic E-state index is 11.7. The number of carbonyl (C=O) groups is 3. The first-order chi connectivity index (χ1) is 9.81. The van der Waals surface area contributed by atoms with Gasteiger partial charge in [-0.1, -0.05) is 0 Å². The summed E-state index contributed by atoms with van der Waals surface area (Å²) in [5.41, 5.74) is 4.97. The van der Waals surface area contributed by atoms with E-state index in [4.69, 9.17) is 10.8 Å². The van der Waals surface area contributed by atoms with E-state index in [2.05, 4.69) is 15.5 Å². The Morgan fingerprint density at radius 1 is 1.38 bits per heavy atom. The minimum atomic E-state index is -1.19. The Labute approximate surface area is 124 Å². The average Bonchev–Trinajstić information content (AvgIpc) is 3.23. The summed E-state index contributed by atoms with van der Waals surface area (Å²) in [6.07, 6.45) is 2.26. The molecule has 0 radical (unpaired) electrons. The van der Waals surface area contributed by atoms with Crippen molar-refractivity contribution in [2.45, 2.75) is 50.7 Å². The van der Waals surface area contributed by atoms with E-state index >= 15 is 0 Å². The molecule has 0 saturated heterocycles. The van der Waals surface area contributed by atoms with E-state index in [1.54, 1.807) is 0 Å². The Kier molecular flexibility index (Phi) is 6.41. The smallest absolute Gasteiger partial charge is 0.326 e. The van der Waals surface area contributed by atoms with Crippen molar-refractivity contribution in [3.05, 3.63) is 0 Å². The molecule has 0 spiro atoms. The van der Waals surface area contributed by atoms with E-state index in [0.29, 0.717) is 12.6 Å². The molecule has 120 valence electrons. The van der Waals surface area contributed by atoms with Crippen molar-refractivity contribution < 1.29 is 19.5 Å². The minimum Gasteiger partial charge on any atom is -0.480 e. The van der Waals surface area contributed by atoms with Crippen molar-refractivity contribution in [2.75, 3.05) is 13.6 Å². The number of primary amides is 1. The standard InChI is InChI=1S/C13H24N4O4/c1-8(17(2)9-3-4-9)7-15-13(21)16-10(12(19)20)5-6-11(14)18/h8-10H,3-7H2,1-2H3,(H2,14,18)(H,19,20)(H2,15,16,21)/t8?,10-/m0/s1. The van der Waals surface area contributed by atoms with Crippen LogP contribution in [0.15, 0.2) is 0 Å². The van der Waals surface area contributed by atoms with Gasteiger partial charge in [0.25, 0.3) is 0 Å². The number of rotatable bonds is 9. The van der Waals surface area contributed by atoms with Crippen molar-refractivity contribution in [3.63, 3.8) is 0 Å². The molecule has 1 aliphatic rings. The Hall–Kier alpha value is -1.83. The van der Waals surface area contributed by atoms with Crippen LogP contribution >= 0.6 is 0 Å². The number of urea groups is 1. The first kappa shape index (κ1) is 17.2. The summed E-state index contributed by atoms with van der Waals surface area (Å²) < 4.78 is 0. The minimum absolute atomic E-state index is 0.0182. The number of amides is 3. The van der Waals surface area contributed by atoms with Crippen LogP contribution in [0.5, 0.6) is 0 Å². The van der Waals surface area contributed by atoms with Gasteiger partial charge in [-0.3, -0.25) is 9.69 Å². The SMILES string of the molecule is CC(CNC(=O)N[C@@H](CCC(N)=O)C(=O)O)N(C)C1CC1. The van der Waals surface area contributed by atoms with E-state index in [1.165, 1.54) is 12.8 Å². The van der Waals surface area contributed by atoms with Gasteiger partial charge in [0.05, 0.1) is 0 Å². The number of carboxylic acid groups (broad SMARTS) is 1. The summed E-state index contributed by atoms with van der Waals surface area (Å²) in [5.74, 6) is -1.78. The molecule has 0 aromatic heterocycles. The van der Waals surface area contributed by atoms with Crippen molar-refractivity contribution >= 4 is 17.9 Å². The van der Waals surface area contributed by atoms with Gasteiger partial charge in [-0.25, -0.2) is 9.59 Å². The summed E-state index contributed by atoms with van der Waals surface area (Å²) in [4.78, 5) is 35.5. The van der Waals surface area contributed by atoms with Gasteiger partial charge in [0.15, 0.2) is 0 Å². The van der Waals surface area contributed by atoms with Crippen LogP contribution in [0, 0.1) is 0 Å². The predicted octanol–water partition coefficient (Wildman–Crippen LogP) is -0.513. The van der Waals surface area contributed by atoms with Crippen LogP contribution in [-0.4, -0.2) is 59.6 Å².